The Labute approximate surface area is 140 Å². The molecule has 0 radical (unpaired) electrons. The molecular weight excluding hydrogens is 306 g/mol. The van der Waals surface area contributed by atoms with Gasteiger partial charge < -0.3 is 5.32 Å². The lowest BCUT2D eigenvalue weighted by Gasteiger charge is -2.25. The van der Waals surface area contributed by atoms with Gasteiger partial charge in [-0.1, -0.05) is 25.0 Å². The van der Waals surface area contributed by atoms with E-state index in [2.05, 4.69) is 45.6 Å². The summed E-state index contributed by atoms with van der Waals surface area (Å²) in [6.45, 7) is 0. The van der Waals surface area contributed by atoms with E-state index in [0.29, 0.717) is 12.5 Å². The van der Waals surface area contributed by atoms with E-state index in [-0.39, 0.29) is 11.8 Å². The predicted octanol–water partition coefficient (Wildman–Crippen LogP) is 4.19. The summed E-state index contributed by atoms with van der Waals surface area (Å²) in [4.78, 5) is 13.5. The number of amides is 1. The molecule has 2 aromatic rings. The fraction of sp³-hybridized carbons (Fsp3) is 0.444. The molecule has 1 aliphatic heterocycles. The van der Waals surface area contributed by atoms with Crippen LogP contribution in [0, 0.1) is 0 Å². The fourth-order valence-corrected chi connectivity index (χ4v) is 4.21. The molecule has 1 atom stereocenters. The zero-order valence-corrected chi connectivity index (χ0v) is 14.1. The number of thioether (sulfide) groups is 1. The molecule has 23 heavy (non-hydrogen) atoms. The Balaban J connectivity index is 1.71. The highest BCUT2D eigenvalue weighted by atomic mass is 32.2. The quantitative estimate of drug-likeness (QED) is 0.860. The highest BCUT2D eigenvalue weighted by Crippen LogP contribution is 2.40. The molecule has 1 saturated carbocycles. The number of hydrogen-bond acceptors (Lipinski definition) is 3. The van der Waals surface area contributed by atoms with E-state index in [9.17, 15) is 4.79 Å². The molecule has 0 saturated heterocycles. The Morgan fingerprint density at radius 1 is 1.22 bits per heavy atom. The summed E-state index contributed by atoms with van der Waals surface area (Å²) in [5.74, 6) is 1.13. The third kappa shape index (κ3) is 2.67. The first-order chi connectivity index (χ1) is 11.3. The first kappa shape index (κ1) is 14.8. The average Bonchev–Trinajstić information content (AvgIpc) is 3.23. The maximum atomic E-state index is 12.2. The van der Waals surface area contributed by atoms with Crippen molar-refractivity contribution in [2.24, 2.45) is 0 Å². The lowest BCUT2D eigenvalue weighted by atomic mass is 9.87. The topological polar surface area (TPSA) is 46.9 Å². The van der Waals surface area contributed by atoms with Crippen molar-refractivity contribution in [1.82, 2.24) is 9.78 Å². The van der Waals surface area contributed by atoms with Gasteiger partial charge in [-0.05, 0) is 36.8 Å². The number of fused-ring (bicyclic) bond motifs is 1. The van der Waals surface area contributed by atoms with Crippen LogP contribution in [0.5, 0.6) is 0 Å². The number of nitrogens with one attached hydrogen (secondary N) is 1. The van der Waals surface area contributed by atoms with Gasteiger partial charge >= 0.3 is 0 Å². The summed E-state index contributed by atoms with van der Waals surface area (Å²) in [7, 11) is 0. The van der Waals surface area contributed by atoms with E-state index in [0.717, 1.165) is 24.2 Å². The van der Waals surface area contributed by atoms with Gasteiger partial charge in [0.05, 0.1) is 12.2 Å². The van der Waals surface area contributed by atoms with Crippen molar-refractivity contribution in [1.29, 1.82) is 0 Å². The summed E-state index contributed by atoms with van der Waals surface area (Å²) in [6, 6.07) is 9.00. The molecule has 1 aromatic heterocycles. The normalized spacial score (nSPS) is 21.3. The lowest BCUT2D eigenvalue weighted by molar-refractivity contribution is -0.116. The van der Waals surface area contributed by atoms with E-state index in [1.165, 1.54) is 23.3 Å². The summed E-state index contributed by atoms with van der Waals surface area (Å²) in [5.41, 5.74) is 2.36. The van der Waals surface area contributed by atoms with E-state index in [4.69, 9.17) is 0 Å². The minimum Gasteiger partial charge on any atom is -0.311 e. The number of hydrogen-bond donors (Lipinski definition) is 1. The maximum absolute atomic E-state index is 12.2. The molecule has 1 aromatic carbocycles. The molecule has 4 rings (SSSR count). The maximum Gasteiger partial charge on any atom is 0.226 e. The van der Waals surface area contributed by atoms with Crippen LogP contribution in [0.1, 0.15) is 55.2 Å². The van der Waals surface area contributed by atoms with Crippen LogP contribution in [0.15, 0.2) is 35.4 Å². The predicted molar refractivity (Wildman–Crippen MR) is 93.0 cm³/mol. The molecule has 1 aliphatic carbocycles. The van der Waals surface area contributed by atoms with Crippen LogP contribution in [-0.4, -0.2) is 21.9 Å². The molecule has 1 N–H and O–H groups in total. The van der Waals surface area contributed by atoms with Gasteiger partial charge in [-0.3, -0.25) is 4.79 Å². The molecule has 5 heteroatoms. The van der Waals surface area contributed by atoms with Gasteiger partial charge in [0.1, 0.15) is 5.82 Å². The second kappa shape index (κ2) is 6.04. The molecule has 0 bridgehead atoms. The molecule has 2 heterocycles. The van der Waals surface area contributed by atoms with Crippen molar-refractivity contribution in [3.8, 4) is 0 Å². The molecule has 120 valence electrons. The van der Waals surface area contributed by atoms with Gasteiger partial charge in [-0.15, -0.1) is 11.8 Å². The number of carbonyl (C=O) groups is 1. The van der Waals surface area contributed by atoms with E-state index >= 15 is 0 Å². The van der Waals surface area contributed by atoms with Gasteiger partial charge in [0.2, 0.25) is 5.91 Å². The van der Waals surface area contributed by atoms with Crippen molar-refractivity contribution >= 4 is 23.5 Å². The van der Waals surface area contributed by atoms with Crippen molar-refractivity contribution < 1.29 is 4.79 Å². The number of aromatic nitrogens is 2. The Hall–Kier alpha value is -1.75. The first-order valence-corrected chi connectivity index (χ1v) is 9.50. The highest BCUT2D eigenvalue weighted by Gasteiger charge is 2.32. The summed E-state index contributed by atoms with van der Waals surface area (Å²) in [5, 5.41) is 7.69. The lowest BCUT2D eigenvalue weighted by Crippen LogP contribution is -2.25. The van der Waals surface area contributed by atoms with Crippen molar-refractivity contribution in [2.75, 3.05) is 11.6 Å². The summed E-state index contributed by atoms with van der Waals surface area (Å²) < 4.78 is 2.06. The van der Waals surface area contributed by atoms with Gasteiger partial charge in [0.25, 0.3) is 0 Å². The molecule has 0 spiro atoms. The molecule has 1 amide bonds. The Kier molecular flexibility index (Phi) is 3.89. The molecule has 2 aliphatic rings. The fourth-order valence-electron chi connectivity index (χ4n) is 3.80. The third-order valence-electron chi connectivity index (χ3n) is 5.04. The number of nitrogens with zero attached hydrogens (tertiary/aromatic N) is 2. The average molecular weight is 327 g/mol. The Bertz CT molecular complexity index is 716. The van der Waals surface area contributed by atoms with Crippen molar-refractivity contribution in [3.63, 3.8) is 0 Å². The second-order valence-corrected chi connectivity index (χ2v) is 7.29. The van der Waals surface area contributed by atoms with Crippen LogP contribution < -0.4 is 5.32 Å². The molecular formula is C18H21N3OS. The smallest absolute Gasteiger partial charge is 0.226 e. The van der Waals surface area contributed by atoms with E-state index < -0.39 is 0 Å². The number of carbonyl (C=O) groups excluding carboxylic acids is 1. The van der Waals surface area contributed by atoms with Crippen LogP contribution in [0.3, 0.4) is 0 Å². The van der Waals surface area contributed by atoms with Crippen LogP contribution in [0.4, 0.5) is 5.82 Å². The van der Waals surface area contributed by atoms with E-state index in [1.54, 1.807) is 11.8 Å². The molecule has 4 nitrogen and oxygen atoms in total. The van der Waals surface area contributed by atoms with Crippen LogP contribution in [0.25, 0.3) is 0 Å². The number of anilines is 1. The second-order valence-electron chi connectivity index (χ2n) is 6.41. The minimum atomic E-state index is 0.0937. The monoisotopic (exact) mass is 327 g/mol. The van der Waals surface area contributed by atoms with Crippen molar-refractivity contribution in [3.05, 3.63) is 41.6 Å². The SMILES string of the molecule is CSc1ccc(C2CC(=O)Nc3c2cnn3C2CCCC2)cc1. The zero-order chi connectivity index (χ0) is 15.8. The van der Waals surface area contributed by atoms with E-state index in [1.807, 2.05) is 6.20 Å². The highest BCUT2D eigenvalue weighted by molar-refractivity contribution is 7.98. The number of benzene rings is 1. The standard InChI is InChI=1S/C18H21N3OS/c1-23-14-8-6-12(7-9-14)15-10-17(22)20-18-16(15)11-19-21(18)13-4-2-3-5-13/h6-9,11,13,15H,2-5,10H2,1H3,(H,20,22). The van der Waals surface area contributed by atoms with Crippen molar-refractivity contribution in [2.45, 2.75) is 49.0 Å². The van der Waals surface area contributed by atoms with Crippen LogP contribution in [-0.2, 0) is 4.79 Å². The number of rotatable bonds is 3. The van der Waals surface area contributed by atoms with Crippen LogP contribution >= 0.6 is 11.8 Å². The van der Waals surface area contributed by atoms with Gasteiger partial charge in [-0.25, -0.2) is 4.68 Å². The Morgan fingerprint density at radius 3 is 2.65 bits per heavy atom. The van der Waals surface area contributed by atoms with Gasteiger partial charge in [-0.2, -0.15) is 5.10 Å². The van der Waals surface area contributed by atoms with Gasteiger partial charge in [0, 0.05) is 22.8 Å². The molecule has 1 unspecified atom stereocenters. The molecule has 1 fully saturated rings. The van der Waals surface area contributed by atoms with Gasteiger partial charge in [0.15, 0.2) is 0 Å². The zero-order valence-electron chi connectivity index (χ0n) is 13.3. The summed E-state index contributed by atoms with van der Waals surface area (Å²) >= 11 is 1.74. The minimum absolute atomic E-state index is 0.0937. The summed E-state index contributed by atoms with van der Waals surface area (Å²) in [6.07, 6.45) is 9.38. The first-order valence-electron chi connectivity index (χ1n) is 8.27. The largest absolute Gasteiger partial charge is 0.311 e. The third-order valence-corrected chi connectivity index (χ3v) is 5.78. The Morgan fingerprint density at radius 2 is 1.96 bits per heavy atom. The van der Waals surface area contributed by atoms with Crippen LogP contribution in [0.2, 0.25) is 0 Å².